The summed E-state index contributed by atoms with van der Waals surface area (Å²) >= 11 is 6.11. The Bertz CT molecular complexity index is 629. The van der Waals surface area contributed by atoms with Crippen molar-refractivity contribution in [2.75, 3.05) is 0 Å². The third-order valence-corrected chi connectivity index (χ3v) is 3.25. The van der Waals surface area contributed by atoms with Crippen LogP contribution in [-0.2, 0) is 0 Å². The molecule has 1 saturated carbocycles. The van der Waals surface area contributed by atoms with Crippen molar-refractivity contribution in [2.24, 2.45) is 0 Å². The van der Waals surface area contributed by atoms with Gasteiger partial charge in [0, 0.05) is 30.6 Å². The minimum atomic E-state index is -0.596. The van der Waals surface area contributed by atoms with E-state index in [1.807, 2.05) is 12.1 Å². The predicted molar refractivity (Wildman–Crippen MR) is 64.9 cm³/mol. The maximum atomic E-state index is 9.11. The molecule has 0 radical (unpaired) electrons. The summed E-state index contributed by atoms with van der Waals surface area (Å²) in [6, 6.07) is 7.63. The number of pyridine rings is 1. The Kier molecular flexibility index (Phi) is 2.20. The van der Waals surface area contributed by atoms with Crippen LogP contribution in [0.15, 0.2) is 30.6 Å². The van der Waals surface area contributed by atoms with Gasteiger partial charge in [0.2, 0.25) is 0 Å². The minimum absolute atomic E-state index is 0.510. The van der Waals surface area contributed by atoms with E-state index in [9.17, 15) is 0 Å². The summed E-state index contributed by atoms with van der Waals surface area (Å²) in [7, 11) is 0. The SMILES string of the molecule is N#Cc1cc2ccncc2cc1OC1(Cl)CC1. The first-order valence-electron chi connectivity index (χ1n) is 5.36. The fraction of sp³-hybridized carbons (Fsp3) is 0.231. The minimum Gasteiger partial charge on any atom is -0.471 e. The predicted octanol–water partition coefficient (Wildman–Crippen LogP) is 3.21. The topological polar surface area (TPSA) is 45.9 Å². The van der Waals surface area contributed by atoms with Crippen LogP contribution in [0.3, 0.4) is 0 Å². The molecule has 0 N–H and O–H groups in total. The first-order valence-corrected chi connectivity index (χ1v) is 5.74. The molecule has 2 aromatic rings. The molecule has 0 unspecified atom stereocenters. The number of benzene rings is 1. The van der Waals surface area contributed by atoms with Crippen molar-refractivity contribution in [1.29, 1.82) is 5.26 Å². The van der Waals surface area contributed by atoms with E-state index in [0.29, 0.717) is 11.3 Å². The van der Waals surface area contributed by atoms with E-state index in [4.69, 9.17) is 21.6 Å². The molecule has 1 aromatic carbocycles. The second kappa shape index (κ2) is 3.61. The Morgan fingerprint density at radius 3 is 2.88 bits per heavy atom. The summed E-state index contributed by atoms with van der Waals surface area (Å²) in [6.07, 6.45) is 5.10. The molecule has 3 nitrogen and oxygen atoms in total. The Balaban J connectivity index is 2.12. The molecule has 1 aliphatic rings. The highest BCUT2D eigenvalue weighted by Gasteiger charge is 2.43. The second-order valence-electron chi connectivity index (χ2n) is 4.17. The van der Waals surface area contributed by atoms with Crippen LogP contribution in [0.25, 0.3) is 10.8 Å². The fourth-order valence-electron chi connectivity index (χ4n) is 1.68. The molecule has 1 aromatic heterocycles. The molecule has 0 spiro atoms. The molecular weight excluding hydrogens is 236 g/mol. The summed E-state index contributed by atoms with van der Waals surface area (Å²) < 4.78 is 5.66. The lowest BCUT2D eigenvalue weighted by atomic mass is 10.1. The zero-order chi connectivity index (χ0) is 11.9. The number of ether oxygens (including phenoxy) is 1. The summed E-state index contributed by atoms with van der Waals surface area (Å²) in [5.41, 5.74) is 0.510. The normalized spacial score (nSPS) is 16.5. The van der Waals surface area contributed by atoms with Gasteiger partial charge in [-0.2, -0.15) is 5.26 Å². The van der Waals surface area contributed by atoms with Crippen LogP contribution in [0.4, 0.5) is 0 Å². The molecule has 0 aliphatic heterocycles. The number of fused-ring (bicyclic) bond motifs is 1. The van der Waals surface area contributed by atoms with E-state index < -0.39 is 5.06 Å². The third-order valence-electron chi connectivity index (χ3n) is 2.80. The number of hydrogen-bond acceptors (Lipinski definition) is 3. The number of aromatic nitrogens is 1. The average molecular weight is 245 g/mol. The van der Waals surface area contributed by atoms with Gasteiger partial charge in [0.1, 0.15) is 11.8 Å². The van der Waals surface area contributed by atoms with Crippen LogP contribution >= 0.6 is 11.6 Å². The van der Waals surface area contributed by atoms with Gasteiger partial charge in [-0.15, -0.1) is 0 Å². The highest BCUT2D eigenvalue weighted by atomic mass is 35.5. The maximum absolute atomic E-state index is 9.11. The zero-order valence-electron chi connectivity index (χ0n) is 8.98. The number of alkyl halides is 1. The Hall–Kier alpha value is -1.79. The van der Waals surface area contributed by atoms with Gasteiger partial charge in [-0.3, -0.25) is 4.98 Å². The van der Waals surface area contributed by atoms with E-state index in [-0.39, 0.29) is 0 Å². The molecule has 17 heavy (non-hydrogen) atoms. The van der Waals surface area contributed by atoms with Crippen LogP contribution in [0.2, 0.25) is 0 Å². The number of nitriles is 1. The Morgan fingerprint density at radius 1 is 1.35 bits per heavy atom. The van der Waals surface area contributed by atoms with Crippen LogP contribution in [0.5, 0.6) is 5.75 Å². The monoisotopic (exact) mass is 244 g/mol. The molecule has 3 rings (SSSR count). The molecule has 0 saturated heterocycles. The van der Waals surface area contributed by atoms with Gasteiger partial charge in [-0.05, 0) is 23.6 Å². The van der Waals surface area contributed by atoms with Crippen molar-refractivity contribution in [2.45, 2.75) is 17.9 Å². The molecule has 0 amide bonds. The van der Waals surface area contributed by atoms with Gasteiger partial charge in [0.25, 0.3) is 0 Å². The van der Waals surface area contributed by atoms with E-state index in [1.54, 1.807) is 18.5 Å². The van der Waals surface area contributed by atoms with Crippen molar-refractivity contribution in [1.82, 2.24) is 4.98 Å². The number of hydrogen-bond donors (Lipinski definition) is 0. The summed E-state index contributed by atoms with van der Waals surface area (Å²) in [4.78, 5) is 4.05. The van der Waals surface area contributed by atoms with Crippen molar-refractivity contribution in [3.63, 3.8) is 0 Å². The Morgan fingerprint density at radius 2 is 2.18 bits per heavy atom. The van der Waals surface area contributed by atoms with Crippen molar-refractivity contribution in [3.05, 3.63) is 36.2 Å². The van der Waals surface area contributed by atoms with Crippen LogP contribution in [-0.4, -0.2) is 10.0 Å². The standard InChI is InChI=1S/C13H9ClN2O/c14-13(2-3-13)17-12-6-11-8-16-4-1-9(11)5-10(12)7-15/h1,4-6,8H,2-3H2. The average Bonchev–Trinajstić information content (AvgIpc) is 3.06. The second-order valence-corrected chi connectivity index (χ2v) is 4.86. The molecule has 1 heterocycles. The van der Waals surface area contributed by atoms with Gasteiger partial charge in [-0.25, -0.2) is 0 Å². The van der Waals surface area contributed by atoms with Crippen LogP contribution in [0, 0.1) is 11.3 Å². The molecule has 1 fully saturated rings. The van der Waals surface area contributed by atoms with Crippen LogP contribution in [0.1, 0.15) is 18.4 Å². The van der Waals surface area contributed by atoms with Crippen LogP contribution < -0.4 is 4.74 Å². The largest absolute Gasteiger partial charge is 0.471 e. The lowest BCUT2D eigenvalue weighted by molar-refractivity contribution is 0.264. The van der Waals surface area contributed by atoms with E-state index in [2.05, 4.69) is 11.1 Å². The quantitative estimate of drug-likeness (QED) is 0.762. The first kappa shape index (κ1) is 10.4. The van der Waals surface area contributed by atoms with E-state index in [1.165, 1.54) is 0 Å². The van der Waals surface area contributed by atoms with Gasteiger partial charge >= 0.3 is 0 Å². The van der Waals surface area contributed by atoms with E-state index in [0.717, 1.165) is 23.6 Å². The number of nitrogens with zero attached hydrogens (tertiary/aromatic N) is 2. The number of halogens is 1. The van der Waals surface area contributed by atoms with Gasteiger partial charge < -0.3 is 4.74 Å². The highest BCUT2D eigenvalue weighted by Crippen LogP contribution is 2.45. The fourth-order valence-corrected chi connectivity index (χ4v) is 1.86. The first-order chi connectivity index (χ1) is 8.20. The smallest absolute Gasteiger partial charge is 0.182 e. The number of rotatable bonds is 2. The van der Waals surface area contributed by atoms with E-state index >= 15 is 0 Å². The summed E-state index contributed by atoms with van der Waals surface area (Å²) in [5, 5.41) is 10.4. The highest BCUT2D eigenvalue weighted by molar-refractivity contribution is 6.24. The third kappa shape index (κ3) is 1.92. The molecule has 0 atom stereocenters. The zero-order valence-corrected chi connectivity index (χ0v) is 9.74. The molecule has 0 bridgehead atoms. The molecular formula is C13H9ClN2O. The molecule has 1 aliphatic carbocycles. The van der Waals surface area contributed by atoms with Gasteiger partial charge in [-0.1, -0.05) is 11.6 Å². The lowest BCUT2D eigenvalue weighted by Gasteiger charge is -2.12. The van der Waals surface area contributed by atoms with Gasteiger partial charge in [0.15, 0.2) is 5.06 Å². The van der Waals surface area contributed by atoms with Crippen molar-refractivity contribution in [3.8, 4) is 11.8 Å². The van der Waals surface area contributed by atoms with Crippen molar-refractivity contribution >= 4 is 22.4 Å². The lowest BCUT2D eigenvalue weighted by Crippen LogP contribution is -2.09. The summed E-state index contributed by atoms with van der Waals surface area (Å²) in [6.45, 7) is 0. The molecule has 84 valence electrons. The maximum Gasteiger partial charge on any atom is 0.182 e. The van der Waals surface area contributed by atoms with Crippen molar-refractivity contribution < 1.29 is 4.74 Å². The molecule has 4 heteroatoms. The van der Waals surface area contributed by atoms with Gasteiger partial charge in [0.05, 0.1) is 5.56 Å². The Labute approximate surface area is 104 Å². The summed E-state index contributed by atoms with van der Waals surface area (Å²) in [5.74, 6) is 0.542.